The molecule has 6 heteroatoms. The van der Waals surface area contributed by atoms with Gasteiger partial charge in [-0.05, 0) is 70.6 Å². The quantitative estimate of drug-likeness (QED) is 0.0324. The second kappa shape index (κ2) is 45.4. The Hall–Kier alpha value is -2.70. The Labute approximate surface area is 358 Å². The Kier molecular flexibility index (Phi) is 43.3. The van der Waals surface area contributed by atoms with Crippen LogP contribution >= 0.6 is 0 Å². The third-order valence-electron chi connectivity index (χ3n) is 10.6. The van der Waals surface area contributed by atoms with Crippen molar-refractivity contribution in [1.29, 1.82) is 0 Å². The van der Waals surface area contributed by atoms with Gasteiger partial charge in [-0.1, -0.05) is 209 Å². The molecule has 0 saturated heterocycles. The molecule has 334 valence electrons. The SMILES string of the molecule is CC/C=C/C=C/C=C/C=C\CCCCCC(CC(=O)NC(CO)C(O)CCCCCCCCCCCC)OC(=O)CCCCC/C=C/C=C/CCCCCCCCC. The largest absolute Gasteiger partial charge is 0.462 e. The van der Waals surface area contributed by atoms with Crippen LogP contribution in [0, 0.1) is 0 Å². The molecule has 0 saturated carbocycles. The number of hydrogen-bond acceptors (Lipinski definition) is 5. The number of nitrogens with one attached hydrogen (secondary N) is 1. The third kappa shape index (κ3) is 40.1. The molecule has 0 aromatic heterocycles. The summed E-state index contributed by atoms with van der Waals surface area (Å²) in [6.07, 6.45) is 56.8. The first-order chi connectivity index (χ1) is 28.5. The first kappa shape index (κ1) is 55.3. The summed E-state index contributed by atoms with van der Waals surface area (Å²) in [4.78, 5) is 26.0. The number of amides is 1. The fourth-order valence-corrected chi connectivity index (χ4v) is 6.96. The highest BCUT2D eigenvalue weighted by atomic mass is 16.5. The second-order valence-electron chi connectivity index (χ2n) is 16.2. The molecule has 0 aliphatic heterocycles. The number of esters is 1. The maximum Gasteiger partial charge on any atom is 0.306 e. The molecule has 0 radical (unpaired) electrons. The van der Waals surface area contributed by atoms with Crippen molar-refractivity contribution in [2.45, 2.75) is 238 Å². The van der Waals surface area contributed by atoms with Crippen LogP contribution in [0.15, 0.2) is 72.9 Å². The lowest BCUT2D eigenvalue weighted by molar-refractivity contribution is -0.151. The first-order valence-electron chi connectivity index (χ1n) is 24.2. The molecule has 1 amide bonds. The van der Waals surface area contributed by atoms with Crippen LogP contribution in [0.5, 0.6) is 0 Å². The van der Waals surface area contributed by atoms with Gasteiger partial charge in [0.1, 0.15) is 6.10 Å². The van der Waals surface area contributed by atoms with Gasteiger partial charge in [-0.25, -0.2) is 0 Å². The molecule has 58 heavy (non-hydrogen) atoms. The lowest BCUT2D eigenvalue weighted by Gasteiger charge is -2.24. The van der Waals surface area contributed by atoms with Crippen LogP contribution in [0.25, 0.3) is 0 Å². The number of ether oxygens (including phenoxy) is 1. The van der Waals surface area contributed by atoms with E-state index >= 15 is 0 Å². The molecule has 0 spiro atoms. The molecule has 0 aliphatic rings. The van der Waals surface area contributed by atoms with Crippen LogP contribution in [0.4, 0.5) is 0 Å². The number of hydrogen-bond donors (Lipinski definition) is 3. The monoisotopic (exact) mass is 810 g/mol. The highest BCUT2D eigenvalue weighted by Gasteiger charge is 2.24. The highest BCUT2D eigenvalue weighted by Crippen LogP contribution is 2.17. The van der Waals surface area contributed by atoms with Crippen LogP contribution in [0.1, 0.15) is 220 Å². The highest BCUT2D eigenvalue weighted by molar-refractivity contribution is 5.77. The minimum absolute atomic E-state index is 0.0378. The number of aliphatic hydroxyl groups excluding tert-OH is 2. The van der Waals surface area contributed by atoms with Crippen molar-refractivity contribution in [3.8, 4) is 0 Å². The van der Waals surface area contributed by atoms with Gasteiger partial charge in [0.05, 0.1) is 25.2 Å². The van der Waals surface area contributed by atoms with Crippen LogP contribution < -0.4 is 5.32 Å². The normalized spacial score (nSPS) is 13.9. The number of carbonyl (C=O) groups is 2. The van der Waals surface area contributed by atoms with Crippen molar-refractivity contribution in [2.24, 2.45) is 0 Å². The summed E-state index contributed by atoms with van der Waals surface area (Å²) in [6.45, 7) is 6.30. The second-order valence-corrected chi connectivity index (χ2v) is 16.2. The van der Waals surface area contributed by atoms with Crippen LogP contribution in [0.3, 0.4) is 0 Å². The molecule has 0 fully saturated rings. The van der Waals surface area contributed by atoms with Crippen molar-refractivity contribution in [1.82, 2.24) is 5.32 Å². The predicted molar refractivity (Wildman–Crippen MR) is 250 cm³/mol. The molecular formula is C52H91NO5. The smallest absolute Gasteiger partial charge is 0.306 e. The average molecular weight is 810 g/mol. The summed E-state index contributed by atoms with van der Waals surface area (Å²) in [5.41, 5.74) is 0. The Bertz CT molecular complexity index is 1090. The maximum atomic E-state index is 13.1. The molecule has 0 aromatic carbocycles. The molecule has 0 rings (SSSR count). The van der Waals surface area contributed by atoms with Gasteiger partial charge in [-0.2, -0.15) is 0 Å². The summed E-state index contributed by atoms with van der Waals surface area (Å²) in [6, 6.07) is -0.721. The zero-order valence-corrected chi connectivity index (χ0v) is 37.9. The van der Waals surface area contributed by atoms with Crippen molar-refractivity contribution in [3.05, 3.63) is 72.9 Å². The fourth-order valence-electron chi connectivity index (χ4n) is 6.96. The maximum absolute atomic E-state index is 13.1. The Morgan fingerprint density at radius 3 is 1.45 bits per heavy atom. The summed E-state index contributed by atoms with van der Waals surface area (Å²) >= 11 is 0. The fraction of sp³-hybridized carbons (Fsp3) is 0.731. The minimum atomic E-state index is -0.804. The number of aliphatic hydroxyl groups is 2. The summed E-state index contributed by atoms with van der Waals surface area (Å²) in [5.74, 6) is -0.550. The van der Waals surface area contributed by atoms with E-state index in [1.165, 1.54) is 89.9 Å². The predicted octanol–water partition coefficient (Wildman–Crippen LogP) is 14.2. The van der Waals surface area contributed by atoms with E-state index in [4.69, 9.17) is 4.74 Å². The van der Waals surface area contributed by atoms with Crippen LogP contribution in [0.2, 0.25) is 0 Å². The van der Waals surface area contributed by atoms with Crippen molar-refractivity contribution < 1.29 is 24.5 Å². The number of rotatable bonds is 42. The average Bonchev–Trinajstić information content (AvgIpc) is 3.22. The Morgan fingerprint density at radius 2 is 0.931 bits per heavy atom. The van der Waals surface area contributed by atoms with E-state index in [-0.39, 0.29) is 24.9 Å². The Balaban J connectivity index is 4.70. The van der Waals surface area contributed by atoms with Crippen molar-refractivity contribution in [2.75, 3.05) is 6.61 Å². The van der Waals surface area contributed by atoms with E-state index in [2.05, 4.69) is 68.6 Å². The molecule has 0 aromatic rings. The van der Waals surface area contributed by atoms with E-state index in [1.807, 2.05) is 30.4 Å². The molecular weight excluding hydrogens is 719 g/mol. The molecule has 0 bridgehead atoms. The molecule has 6 nitrogen and oxygen atoms in total. The van der Waals surface area contributed by atoms with Gasteiger partial charge < -0.3 is 20.3 Å². The number of allylic oxidation sites excluding steroid dienone is 12. The zero-order chi connectivity index (χ0) is 42.4. The molecule has 0 aliphatic carbocycles. The van der Waals surface area contributed by atoms with E-state index in [9.17, 15) is 19.8 Å². The van der Waals surface area contributed by atoms with Crippen molar-refractivity contribution in [3.63, 3.8) is 0 Å². The summed E-state index contributed by atoms with van der Waals surface area (Å²) < 4.78 is 5.88. The van der Waals surface area contributed by atoms with E-state index in [0.717, 1.165) is 83.5 Å². The van der Waals surface area contributed by atoms with Crippen LogP contribution in [-0.4, -0.2) is 46.9 Å². The Morgan fingerprint density at radius 1 is 0.517 bits per heavy atom. The zero-order valence-electron chi connectivity index (χ0n) is 37.9. The minimum Gasteiger partial charge on any atom is -0.462 e. The number of unbranched alkanes of at least 4 members (excludes halogenated alkanes) is 22. The van der Waals surface area contributed by atoms with Gasteiger partial charge in [0.25, 0.3) is 0 Å². The van der Waals surface area contributed by atoms with Gasteiger partial charge in [0.2, 0.25) is 5.91 Å². The summed E-state index contributed by atoms with van der Waals surface area (Å²) in [7, 11) is 0. The molecule has 3 unspecified atom stereocenters. The number of carbonyl (C=O) groups excluding carboxylic acids is 2. The van der Waals surface area contributed by atoms with E-state index in [0.29, 0.717) is 19.3 Å². The summed E-state index contributed by atoms with van der Waals surface area (Å²) in [5, 5.41) is 23.6. The van der Waals surface area contributed by atoms with Gasteiger partial charge in [-0.3, -0.25) is 9.59 Å². The van der Waals surface area contributed by atoms with E-state index in [1.54, 1.807) is 0 Å². The van der Waals surface area contributed by atoms with Gasteiger partial charge >= 0.3 is 5.97 Å². The molecule has 0 heterocycles. The van der Waals surface area contributed by atoms with Gasteiger partial charge in [0.15, 0.2) is 0 Å². The van der Waals surface area contributed by atoms with Gasteiger partial charge in [0, 0.05) is 6.42 Å². The standard InChI is InChI=1S/C52H91NO5/c1-4-7-10-13-16-19-22-24-25-26-28-30-33-36-39-42-45-52(57)58-48(43-40-37-34-31-29-27-23-20-17-14-11-8-5-2)46-51(56)53-49(47-54)50(55)44-41-38-35-32-21-18-15-12-9-6-3/h8,11,14,17,20,23,25-30,48-50,54-55H,4-7,9-10,12-13,15-16,18-19,21-22,24,31-47H2,1-3H3,(H,53,56)/b11-8+,17-14+,23-20+,26-25+,29-27-,30-28+. The van der Waals surface area contributed by atoms with Gasteiger partial charge in [-0.15, -0.1) is 0 Å². The van der Waals surface area contributed by atoms with Crippen molar-refractivity contribution >= 4 is 11.9 Å². The molecule has 3 N–H and O–H groups in total. The third-order valence-corrected chi connectivity index (χ3v) is 10.6. The topological polar surface area (TPSA) is 95.9 Å². The van der Waals surface area contributed by atoms with E-state index < -0.39 is 18.2 Å². The first-order valence-corrected chi connectivity index (χ1v) is 24.2. The molecule has 3 atom stereocenters. The lowest BCUT2D eigenvalue weighted by Crippen LogP contribution is -2.46. The van der Waals surface area contributed by atoms with Crippen LogP contribution in [-0.2, 0) is 14.3 Å². The lowest BCUT2D eigenvalue weighted by atomic mass is 10.0.